The maximum Gasteiger partial charge on any atom is 0.328 e. The summed E-state index contributed by atoms with van der Waals surface area (Å²) in [6, 6.07) is 12.1. The molecule has 1 aliphatic rings. The maximum absolute atomic E-state index is 13.9. The van der Waals surface area contributed by atoms with Gasteiger partial charge in [-0.15, -0.1) is 5.10 Å². The second-order valence-electron chi connectivity index (χ2n) is 5.89. The zero-order chi connectivity index (χ0) is 18.6. The van der Waals surface area contributed by atoms with E-state index in [1.165, 1.54) is 23.1 Å². The van der Waals surface area contributed by atoms with Crippen molar-refractivity contribution in [2.45, 2.75) is 26.0 Å². The first kappa shape index (κ1) is 17.1. The second-order valence-corrected chi connectivity index (χ2v) is 5.89. The lowest BCUT2D eigenvalue weighted by molar-refractivity contribution is -0.146. The van der Waals surface area contributed by atoms with Crippen LogP contribution < -0.4 is 4.74 Å². The molecule has 2 heterocycles. The summed E-state index contributed by atoms with van der Waals surface area (Å²) in [5.41, 5.74) is 1.84. The molecule has 0 fully saturated rings. The molecule has 0 saturated carbocycles. The van der Waals surface area contributed by atoms with E-state index in [0.717, 1.165) is 5.56 Å². The van der Waals surface area contributed by atoms with Crippen molar-refractivity contribution in [1.82, 2.24) is 20.2 Å². The number of hydrogen-bond acceptors (Lipinski definition) is 7. The molecule has 0 bridgehead atoms. The van der Waals surface area contributed by atoms with Crippen LogP contribution in [0.15, 0.2) is 48.8 Å². The Bertz CT molecular complexity index is 934. The van der Waals surface area contributed by atoms with Gasteiger partial charge in [0.25, 0.3) is 0 Å². The van der Waals surface area contributed by atoms with Crippen LogP contribution in [0.5, 0.6) is 5.75 Å². The first-order valence-electron chi connectivity index (χ1n) is 8.20. The first-order chi connectivity index (χ1) is 13.2. The van der Waals surface area contributed by atoms with Crippen molar-refractivity contribution >= 4 is 5.97 Å². The Morgan fingerprint density at radius 3 is 2.93 bits per heavy atom. The number of fused-ring (bicyclic) bond motifs is 1. The summed E-state index contributed by atoms with van der Waals surface area (Å²) in [6.07, 6.45) is 0.691. The molecule has 0 aliphatic carbocycles. The number of ether oxygens (including phenoxy) is 3. The Morgan fingerprint density at radius 1 is 1.30 bits per heavy atom. The molecule has 8 nitrogen and oxygen atoms in total. The van der Waals surface area contributed by atoms with Crippen LogP contribution in [0.25, 0.3) is 0 Å². The molecule has 0 amide bonds. The number of halogens is 1. The van der Waals surface area contributed by atoms with Crippen molar-refractivity contribution in [2.24, 2.45) is 0 Å². The number of esters is 1. The largest absolute Gasteiger partial charge is 0.460 e. The number of nitrogens with zero attached hydrogens (tertiary/aromatic N) is 4. The van der Waals surface area contributed by atoms with E-state index < -0.39 is 18.1 Å². The number of carbonyl (C=O) groups is 1. The van der Waals surface area contributed by atoms with Crippen molar-refractivity contribution in [3.05, 3.63) is 71.3 Å². The van der Waals surface area contributed by atoms with E-state index in [9.17, 15) is 9.18 Å². The highest BCUT2D eigenvalue weighted by Gasteiger charge is 2.25. The number of benzene rings is 2. The van der Waals surface area contributed by atoms with Crippen LogP contribution in [0.1, 0.15) is 23.0 Å². The molecule has 0 N–H and O–H groups in total. The summed E-state index contributed by atoms with van der Waals surface area (Å²) in [5, 5.41) is 10.5. The van der Waals surface area contributed by atoms with Gasteiger partial charge in [-0.25, -0.2) is 9.07 Å². The van der Waals surface area contributed by atoms with Crippen LogP contribution in [0.3, 0.4) is 0 Å². The lowest BCUT2D eigenvalue weighted by Gasteiger charge is -2.28. The average molecular weight is 370 g/mol. The lowest BCUT2D eigenvalue weighted by atomic mass is 10.1. The van der Waals surface area contributed by atoms with Gasteiger partial charge in [0.1, 0.15) is 31.0 Å². The van der Waals surface area contributed by atoms with E-state index in [-0.39, 0.29) is 19.8 Å². The van der Waals surface area contributed by atoms with Crippen molar-refractivity contribution in [2.75, 3.05) is 0 Å². The number of rotatable bonds is 5. The van der Waals surface area contributed by atoms with Crippen LogP contribution in [0.4, 0.5) is 4.39 Å². The molecule has 3 aromatic rings. The summed E-state index contributed by atoms with van der Waals surface area (Å²) in [6.45, 7) is -0.0814. The highest BCUT2D eigenvalue weighted by molar-refractivity contribution is 5.69. The summed E-state index contributed by atoms with van der Waals surface area (Å²) in [5.74, 6) is -0.538. The molecule has 27 heavy (non-hydrogen) atoms. The summed E-state index contributed by atoms with van der Waals surface area (Å²) in [7, 11) is 0. The number of tetrazole rings is 1. The maximum atomic E-state index is 13.9. The average Bonchev–Trinajstić information content (AvgIpc) is 3.19. The fraction of sp³-hybridized carbons (Fsp3) is 0.222. The van der Waals surface area contributed by atoms with Gasteiger partial charge in [0.2, 0.25) is 6.29 Å². The van der Waals surface area contributed by atoms with Gasteiger partial charge in [0.05, 0.1) is 6.61 Å². The standard InChI is InChI=1S/C18H15FN4O4/c19-15-6-13(9-25-16(24)8-23-11-20-21-22-23)17-14(7-15)10-26-18(27-17)12-4-2-1-3-5-12/h1-7,11,18H,8-10H2/t18-/m0/s1. The smallest absolute Gasteiger partial charge is 0.328 e. The van der Waals surface area contributed by atoms with Gasteiger partial charge in [-0.2, -0.15) is 0 Å². The predicted octanol–water partition coefficient (Wildman–Crippen LogP) is 2.16. The van der Waals surface area contributed by atoms with Gasteiger partial charge in [0, 0.05) is 16.7 Å². The third-order valence-electron chi connectivity index (χ3n) is 3.97. The van der Waals surface area contributed by atoms with E-state index in [4.69, 9.17) is 14.2 Å². The Morgan fingerprint density at radius 2 is 2.15 bits per heavy atom. The molecule has 0 radical (unpaired) electrons. The molecule has 0 unspecified atom stereocenters. The number of hydrogen-bond donors (Lipinski definition) is 0. The molecule has 1 aliphatic heterocycles. The Labute approximate surface area is 153 Å². The summed E-state index contributed by atoms with van der Waals surface area (Å²) >= 11 is 0. The van der Waals surface area contributed by atoms with Crippen molar-refractivity contribution in [3.63, 3.8) is 0 Å². The van der Waals surface area contributed by atoms with Gasteiger partial charge in [-0.3, -0.25) is 4.79 Å². The van der Waals surface area contributed by atoms with Crippen LogP contribution in [0, 0.1) is 5.82 Å². The fourth-order valence-corrected chi connectivity index (χ4v) is 2.75. The van der Waals surface area contributed by atoms with Crippen molar-refractivity contribution in [1.29, 1.82) is 0 Å². The van der Waals surface area contributed by atoms with Crippen LogP contribution in [0.2, 0.25) is 0 Å². The van der Waals surface area contributed by atoms with Gasteiger partial charge in [0.15, 0.2) is 0 Å². The van der Waals surface area contributed by atoms with E-state index in [1.807, 2.05) is 30.3 Å². The fourth-order valence-electron chi connectivity index (χ4n) is 2.75. The molecular weight excluding hydrogens is 355 g/mol. The Balaban J connectivity index is 1.50. The molecule has 4 rings (SSSR count). The van der Waals surface area contributed by atoms with Gasteiger partial charge in [-0.05, 0) is 22.6 Å². The quantitative estimate of drug-likeness (QED) is 0.636. The SMILES string of the molecule is O=C(Cn1cnnn1)OCc1cc(F)cc2c1O[C@@H](c1ccccc1)OC2. The molecule has 0 saturated heterocycles. The van der Waals surface area contributed by atoms with E-state index in [0.29, 0.717) is 16.9 Å². The highest BCUT2D eigenvalue weighted by atomic mass is 19.1. The van der Waals surface area contributed by atoms with E-state index in [2.05, 4.69) is 15.5 Å². The minimum Gasteiger partial charge on any atom is -0.460 e. The molecule has 9 heteroatoms. The number of aromatic nitrogens is 4. The summed E-state index contributed by atoms with van der Waals surface area (Å²) in [4.78, 5) is 11.9. The lowest BCUT2D eigenvalue weighted by Crippen LogP contribution is -2.20. The predicted molar refractivity (Wildman–Crippen MR) is 88.6 cm³/mol. The normalized spacial score (nSPS) is 15.7. The minimum atomic E-state index is -0.611. The molecule has 1 aromatic heterocycles. The number of carbonyl (C=O) groups excluding carboxylic acids is 1. The Kier molecular flexibility index (Phi) is 4.75. The van der Waals surface area contributed by atoms with Crippen molar-refractivity contribution < 1.29 is 23.4 Å². The molecular formula is C18H15FN4O4. The van der Waals surface area contributed by atoms with Gasteiger partial charge in [-0.1, -0.05) is 30.3 Å². The van der Waals surface area contributed by atoms with Crippen LogP contribution >= 0.6 is 0 Å². The molecule has 1 atom stereocenters. The molecule has 0 spiro atoms. The van der Waals surface area contributed by atoms with Gasteiger partial charge < -0.3 is 14.2 Å². The van der Waals surface area contributed by atoms with Gasteiger partial charge >= 0.3 is 5.97 Å². The summed E-state index contributed by atoms with van der Waals surface area (Å²) < 4.78 is 32.0. The van der Waals surface area contributed by atoms with E-state index in [1.54, 1.807) is 0 Å². The third-order valence-corrected chi connectivity index (χ3v) is 3.97. The van der Waals surface area contributed by atoms with Crippen LogP contribution in [-0.2, 0) is 34.0 Å². The topological polar surface area (TPSA) is 88.4 Å². The second kappa shape index (κ2) is 7.50. The minimum absolute atomic E-state index is 0.136. The third kappa shape index (κ3) is 3.93. The molecule has 138 valence electrons. The Hall–Kier alpha value is -3.33. The highest BCUT2D eigenvalue weighted by Crippen LogP contribution is 2.36. The first-order valence-corrected chi connectivity index (χ1v) is 8.20. The zero-order valence-corrected chi connectivity index (χ0v) is 14.1. The van der Waals surface area contributed by atoms with Crippen molar-refractivity contribution in [3.8, 4) is 5.75 Å². The van der Waals surface area contributed by atoms with E-state index >= 15 is 0 Å². The monoisotopic (exact) mass is 370 g/mol. The zero-order valence-electron chi connectivity index (χ0n) is 14.1. The molecule has 2 aromatic carbocycles. The van der Waals surface area contributed by atoms with Crippen LogP contribution in [-0.4, -0.2) is 26.2 Å².